The predicted octanol–water partition coefficient (Wildman–Crippen LogP) is 0.735. The third-order valence-corrected chi connectivity index (χ3v) is 2.73. The van der Waals surface area contributed by atoms with Gasteiger partial charge in [-0.25, -0.2) is 4.79 Å². The summed E-state index contributed by atoms with van der Waals surface area (Å²) in [4.78, 5) is 24.5. The molecule has 6 heteroatoms. The third kappa shape index (κ3) is 2.06. The van der Waals surface area contributed by atoms with Gasteiger partial charge in [0.15, 0.2) is 5.82 Å². The zero-order valence-electron chi connectivity index (χ0n) is 9.47. The molecule has 1 amide bonds. The Bertz CT molecular complexity index is 466. The van der Waals surface area contributed by atoms with E-state index in [1.165, 1.54) is 18.1 Å². The van der Waals surface area contributed by atoms with Crippen LogP contribution in [0.5, 0.6) is 0 Å². The first-order valence-corrected chi connectivity index (χ1v) is 5.22. The highest BCUT2D eigenvalue weighted by Crippen LogP contribution is 2.24. The summed E-state index contributed by atoms with van der Waals surface area (Å²) in [6.45, 7) is 4.22. The number of nitrogens with zero attached hydrogens (tertiary/aromatic N) is 2. The van der Waals surface area contributed by atoms with Gasteiger partial charge in [-0.05, 0) is 0 Å². The van der Waals surface area contributed by atoms with Crippen LogP contribution < -0.4 is 4.90 Å². The minimum absolute atomic E-state index is 0.0159. The van der Waals surface area contributed by atoms with Crippen LogP contribution in [-0.2, 0) is 9.53 Å². The molecule has 1 unspecified atom stereocenters. The van der Waals surface area contributed by atoms with Crippen molar-refractivity contribution in [1.29, 1.82) is 0 Å². The molecule has 0 aromatic carbocycles. The van der Waals surface area contributed by atoms with Crippen molar-refractivity contribution in [3.05, 3.63) is 24.4 Å². The summed E-state index contributed by atoms with van der Waals surface area (Å²) in [6, 6.07) is 1.51. The standard InChI is InChI=1S/C11H13N3O3/c1-3-7-4-10(15)14(6-7)9-5-8(12-13-9)11(16)17-2/h3,5,7H,1,4,6H2,2H3,(H,12,13). The molecule has 1 saturated heterocycles. The van der Waals surface area contributed by atoms with Crippen molar-refractivity contribution in [3.8, 4) is 0 Å². The number of amides is 1. The largest absolute Gasteiger partial charge is 0.464 e. The smallest absolute Gasteiger partial charge is 0.356 e. The molecule has 1 atom stereocenters. The van der Waals surface area contributed by atoms with Gasteiger partial charge in [0.25, 0.3) is 0 Å². The van der Waals surface area contributed by atoms with Crippen LogP contribution in [0.15, 0.2) is 18.7 Å². The maximum absolute atomic E-state index is 11.7. The monoisotopic (exact) mass is 235 g/mol. The summed E-state index contributed by atoms with van der Waals surface area (Å²) in [6.07, 6.45) is 2.19. The van der Waals surface area contributed by atoms with Crippen molar-refractivity contribution in [2.24, 2.45) is 5.92 Å². The van der Waals surface area contributed by atoms with Gasteiger partial charge in [0, 0.05) is 24.9 Å². The van der Waals surface area contributed by atoms with Crippen LogP contribution in [-0.4, -0.2) is 35.7 Å². The summed E-state index contributed by atoms with van der Waals surface area (Å²) in [7, 11) is 1.29. The fraction of sp³-hybridized carbons (Fsp3) is 0.364. The molecule has 2 rings (SSSR count). The minimum atomic E-state index is -0.504. The molecule has 1 aromatic heterocycles. The summed E-state index contributed by atoms with van der Waals surface area (Å²) < 4.78 is 4.55. The van der Waals surface area contributed by atoms with Crippen LogP contribution in [0.3, 0.4) is 0 Å². The van der Waals surface area contributed by atoms with Gasteiger partial charge in [0.2, 0.25) is 5.91 Å². The van der Waals surface area contributed by atoms with Gasteiger partial charge in [0.1, 0.15) is 5.69 Å². The molecule has 1 aliphatic rings. The van der Waals surface area contributed by atoms with Crippen LogP contribution in [0, 0.1) is 5.92 Å². The first-order valence-electron chi connectivity index (χ1n) is 5.22. The number of H-pyrrole nitrogens is 1. The highest BCUT2D eigenvalue weighted by Gasteiger charge is 2.30. The predicted molar refractivity (Wildman–Crippen MR) is 60.6 cm³/mol. The van der Waals surface area contributed by atoms with Crippen molar-refractivity contribution in [2.75, 3.05) is 18.6 Å². The Balaban J connectivity index is 2.18. The van der Waals surface area contributed by atoms with Crippen molar-refractivity contribution in [2.45, 2.75) is 6.42 Å². The topological polar surface area (TPSA) is 75.3 Å². The number of anilines is 1. The molecule has 0 bridgehead atoms. The van der Waals surface area contributed by atoms with Crippen molar-refractivity contribution in [3.63, 3.8) is 0 Å². The Kier molecular flexibility index (Phi) is 2.95. The van der Waals surface area contributed by atoms with E-state index >= 15 is 0 Å². The quantitative estimate of drug-likeness (QED) is 0.619. The third-order valence-electron chi connectivity index (χ3n) is 2.73. The zero-order valence-corrected chi connectivity index (χ0v) is 9.47. The molecule has 0 radical (unpaired) electrons. The molecule has 0 aliphatic carbocycles. The summed E-state index contributed by atoms with van der Waals surface area (Å²) in [5.41, 5.74) is 0.234. The Morgan fingerprint density at radius 2 is 2.53 bits per heavy atom. The van der Waals surface area contributed by atoms with Gasteiger partial charge >= 0.3 is 5.97 Å². The Morgan fingerprint density at radius 3 is 3.12 bits per heavy atom. The van der Waals surface area contributed by atoms with E-state index in [1.807, 2.05) is 0 Å². The van der Waals surface area contributed by atoms with Gasteiger partial charge in [0.05, 0.1) is 7.11 Å². The van der Waals surface area contributed by atoms with Crippen LogP contribution >= 0.6 is 0 Å². The van der Waals surface area contributed by atoms with E-state index in [9.17, 15) is 9.59 Å². The van der Waals surface area contributed by atoms with Gasteiger partial charge in [-0.15, -0.1) is 6.58 Å². The molecule has 2 heterocycles. The molecule has 0 spiro atoms. The maximum Gasteiger partial charge on any atom is 0.356 e. The Hall–Kier alpha value is -2.11. The van der Waals surface area contributed by atoms with Gasteiger partial charge in [-0.3, -0.25) is 14.8 Å². The average molecular weight is 235 g/mol. The van der Waals surface area contributed by atoms with Crippen molar-refractivity contribution in [1.82, 2.24) is 10.2 Å². The zero-order chi connectivity index (χ0) is 12.4. The molecule has 6 nitrogen and oxygen atoms in total. The van der Waals surface area contributed by atoms with E-state index in [0.29, 0.717) is 18.8 Å². The summed E-state index contributed by atoms with van der Waals surface area (Å²) in [5.74, 6) is 0.0639. The summed E-state index contributed by atoms with van der Waals surface area (Å²) in [5, 5.41) is 6.47. The van der Waals surface area contributed by atoms with E-state index in [-0.39, 0.29) is 17.5 Å². The number of carbonyl (C=O) groups excluding carboxylic acids is 2. The van der Waals surface area contributed by atoms with Crippen molar-refractivity contribution >= 4 is 17.7 Å². The average Bonchev–Trinajstić information content (AvgIpc) is 2.94. The number of aromatic nitrogens is 2. The van der Waals surface area contributed by atoms with Crippen molar-refractivity contribution < 1.29 is 14.3 Å². The van der Waals surface area contributed by atoms with Crippen LogP contribution in [0.25, 0.3) is 0 Å². The first kappa shape index (κ1) is 11.4. The van der Waals surface area contributed by atoms with E-state index < -0.39 is 5.97 Å². The van der Waals surface area contributed by atoms with Gasteiger partial charge < -0.3 is 4.74 Å². The van der Waals surface area contributed by atoms with Crippen LogP contribution in [0.2, 0.25) is 0 Å². The number of hydrogen-bond donors (Lipinski definition) is 1. The van der Waals surface area contributed by atoms with Crippen LogP contribution in [0.1, 0.15) is 16.9 Å². The molecule has 0 saturated carbocycles. The van der Waals surface area contributed by atoms with Gasteiger partial charge in [-0.2, -0.15) is 5.10 Å². The molecular formula is C11H13N3O3. The first-order chi connectivity index (χ1) is 8.15. The second-order valence-corrected chi connectivity index (χ2v) is 3.84. The lowest BCUT2D eigenvalue weighted by molar-refractivity contribution is -0.117. The summed E-state index contributed by atoms with van der Waals surface area (Å²) >= 11 is 0. The van der Waals surface area contributed by atoms with E-state index in [0.717, 1.165) is 0 Å². The molecule has 1 aromatic rings. The fourth-order valence-electron chi connectivity index (χ4n) is 1.78. The number of nitrogens with one attached hydrogen (secondary N) is 1. The molecule has 1 aliphatic heterocycles. The highest BCUT2D eigenvalue weighted by atomic mass is 16.5. The molecule has 1 N–H and O–H groups in total. The van der Waals surface area contributed by atoms with Gasteiger partial charge in [-0.1, -0.05) is 6.08 Å². The van der Waals surface area contributed by atoms with E-state index in [4.69, 9.17) is 0 Å². The number of rotatable bonds is 3. The second-order valence-electron chi connectivity index (χ2n) is 3.84. The molecule has 1 fully saturated rings. The Labute approximate surface area is 98.2 Å². The molecular weight excluding hydrogens is 222 g/mol. The Morgan fingerprint density at radius 1 is 1.76 bits per heavy atom. The number of esters is 1. The minimum Gasteiger partial charge on any atom is -0.464 e. The van der Waals surface area contributed by atoms with E-state index in [1.54, 1.807) is 6.08 Å². The number of hydrogen-bond acceptors (Lipinski definition) is 4. The fourth-order valence-corrected chi connectivity index (χ4v) is 1.78. The normalized spacial score (nSPS) is 19.5. The maximum atomic E-state index is 11.7. The van der Waals surface area contributed by atoms with E-state index in [2.05, 4.69) is 21.5 Å². The number of carbonyl (C=O) groups is 2. The number of methoxy groups -OCH3 is 1. The molecule has 17 heavy (non-hydrogen) atoms. The number of ether oxygens (including phenoxy) is 1. The van der Waals surface area contributed by atoms with Crippen LogP contribution in [0.4, 0.5) is 5.82 Å². The highest BCUT2D eigenvalue weighted by molar-refractivity contribution is 5.96. The number of aromatic amines is 1. The lowest BCUT2D eigenvalue weighted by Gasteiger charge is -2.11. The lowest BCUT2D eigenvalue weighted by atomic mass is 10.1. The lowest BCUT2D eigenvalue weighted by Crippen LogP contribution is -2.24. The SMILES string of the molecule is C=CC1CC(=O)N(c2cc(C(=O)OC)[nH]n2)C1. The molecule has 90 valence electrons. The second kappa shape index (κ2) is 4.40.